The highest BCUT2D eigenvalue weighted by Crippen LogP contribution is 2.44. The molecular weight excluding hydrogens is 266 g/mol. The Kier molecular flexibility index (Phi) is 3.10. The lowest BCUT2D eigenvalue weighted by Gasteiger charge is -2.24. The summed E-state index contributed by atoms with van der Waals surface area (Å²) in [6, 6.07) is 5.92. The molecule has 0 spiro atoms. The molecule has 1 aliphatic rings. The maximum Gasteiger partial charge on any atom is 0.244 e. The highest BCUT2D eigenvalue weighted by atomic mass is 16.5. The lowest BCUT2D eigenvalue weighted by atomic mass is 9.83. The largest absolute Gasteiger partial charge is 0.420 e. The number of hydrogen-bond donors (Lipinski definition) is 2. The molecule has 0 fully saturated rings. The number of rotatable bonds is 2. The van der Waals surface area contributed by atoms with Gasteiger partial charge in [0.2, 0.25) is 11.8 Å². The number of nitriles is 1. The first-order valence-corrected chi connectivity index (χ1v) is 6.69. The van der Waals surface area contributed by atoms with Crippen molar-refractivity contribution in [3.63, 3.8) is 0 Å². The number of nitrogens with one attached hydrogen (secondary N) is 1. The molecule has 106 valence electrons. The predicted molar refractivity (Wildman–Crippen MR) is 76.2 cm³/mol. The summed E-state index contributed by atoms with van der Waals surface area (Å²) in [6.07, 6.45) is 3.40. The van der Waals surface area contributed by atoms with Crippen LogP contribution in [0.4, 0.5) is 0 Å². The average Bonchev–Trinajstić information content (AvgIpc) is 2.90. The zero-order chi connectivity index (χ0) is 15.0. The number of aromatic amines is 1. The molecule has 0 aromatic carbocycles. The Balaban J connectivity index is 2.25. The normalized spacial score (nSPS) is 17.3. The van der Waals surface area contributed by atoms with Crippen LogP contribution in [0, 0.1) is 11.3 Å². The van der Waals surface area contributed by atoms with E-state index in [1.54, 1.807) is 12.4 Å². The van der Waals surface area contributed by atoms with Crippen LogP contribution in [-0.2, 0) is 0 Å². The van der Waals surface area contributed by atoms with Crippen LogP contribution in [0.15, 0.2) is 36.0 Å². The van der Waals surface area contributed by atoms with Crippen LogP contribution >= 0.6 is 0 Å². The quantitative estimate of drug-likeness (QED) is 0.878. The summed E-state index contributed by atoms with van der Waals surface area (Å²) in [5.74, 6) is 0.497. The van der Waals surface area contributed by atoms with E-state index in [9.17, 15) is 5.26 Å². The molecule has 6 heteroatoms. The fourth-order valence-electron chi connectivity index (χ4n) is 2.60. The van der Waals surface area contributed by atoms with Crippen molar-refractivity contribution in [3.8, 4) is 11.9 Å². The van der Waals surface area contributed by atoms with Crippen molar-refractivity contribution >= 4 is 0 Å². The number of aromatic nitrogens is 3. The third kappa shape index (κ3) is 2.03. The van der Waals surface area contributed by atoms with Gasteiger partial charge in [-0.15, -0.1) is 5.10 Å². The van der Waals surface area contributed by atoms with Gasteiger partial charge in [-0.05, 0) is 23.6 Å². The maximum atomic E-state index is 9.47. The summed E-state index contributed by atoms with van der Waals surface area (Å²) in [4.78, 5) is 4.03. The van der Waals surface area contributed by atoms with Crippen molar-refractivity contribution in [1.82, 2.24) is 15.2 Å². The van der Waals surface area contributed by atoms with Gasteiger partial charge in [-0.1, -0.05) is 13.8 Å². The molecule has 0 saturated carbocycles. The summed E-state index contributed by atoms with van der Waals surface area (Å²) in [5.41, 5.74) is 9.05. The SMILES string of the molecule is CC(C)c1[nH]nc2c1[C@@H](c1ccncc1)C(C#N)=C(N)O2. The van der Waals surface area contributed by atoms with Crippen LogP contribution in [0.1, 0.15) is 42.5 Å². The molecule has 0 unspecified atom stereocenters. The minimum absolute atomic E-state index is 0.105. The number of fused-ring (bicyclic) bond motifs is 1. The Morgan fingerprint density at radius 1 is 1.38 bits per heavy atom. The van der Waals surface area contributed by atoms with Crippen LogP contribution < -0.4 is 10.5 Å². The fraction of sp³-hybridized carbons (Fsp3) is 0.267. The molecule has 0 saturated heterocycles. The zero-order valence-electron chi connectivity index (χ0n) is 11.8. The van der Waals surface area contributed by atoms with Gasteiger partial charge in [-0.25, -0.2) is 0 Å². The second-order valence-electron chi connectivity index (χ2n) is 5.22. The third-order valence-corrected chi connectivity index (χ3v) is 3.59. The van der Waals surface area contributed by atoms with Gasteiger partial charge in [0.1, 0.15) is 11.6 Å². The van der Waals surface area contributed by atoms with E-state index >= 15 is 0 Å². The van der Waals surface area contributed by atoms with Crippen LogP contribution in [0.25, 0.3) is 0 Å². The number of nitrogens with two attached hydrogens (primary N) is 1. The van der Waals surface area contributed by atoms with E-state index in [1.807, 2.05) is 12.1 Å². The first-order valence-electron chi connectivity index (χ1n) is 6.69. The lowest BCUT2D eigenvalue weighted by Crippen LogP contribution is -2.21. The number of allylic oxidation sites excluding steroid dienone is 1. The Morgan fingerprint density at radius 2 is 2.10 bits per heavy atom. The van der Waals surface area contributed by atoms with Crippen molar-refractivity contribution < 1.29 is 4.74 Å². The molecule has 21 heavy (non-hydrogen) atoms. The third-order valence-electron chi connectivity index (χ3n) is 3.59. The first-order chi connectivity index (χ1) is 10.1. The maximum absolute atomic E-state index is 9.47. The number of nitrogens with zero attached hydrogens (tertiary/aromatic N) is 3. The van der Waals surface area contributed by atoms with Crippen molar-refractivity contribution in [2.45, 2.75) is 25.7 Å². The molecule has 0 radical (unpaired) electrons. The standard InChI is InChI=1S/C15H15N5O/c1-8(2)13-12-11(9-3-5-18-6-4-9)10(7-16)14(17)21-15(12)20-19-13/h3-6,8,11H,17H2,1-2H3,(H,19,20)/t11-/m0/s1. The predicted octanol–water partition coefficient (Wildman–Crippen LogP) is 2.15. The summed E-state index contributed by atoms with van der Waals surface area (Å²) >= 11 is 0. The van der Waals surface area contributed by atoms with Gasteiger partial charge in [0.15, 0.2) is 0 Å². The van der Waals surface area contributed by atoms with E-state index in [0.29, 0.717) is 11.5 Å². The van der Waals surface area contributed by atoms with E-state index in [1.165, 1.54) is 0 Å². The summed E-state index contributed by atoms with van der Waals surface area (Å²) in [7, 11) is 0. The van der Waals surface area contributed by atoms with Gasteiger partial charge in [-0.2, -0.15) is 5.26 Å². The van der Waals surface area contributed by atoms with E-state index < -0.39 is 0 Å². The highest BCUT2D eigenvalue weighted by Gasteiger charge is 2.35. The Bertz CT molecular complexity index is 739. The van der Waals surface area contributed by atoms with Crippen molar-refractivity contribution in [2.24, 2.45) is 5.73 Å². The summed E-state index contributed by atoms with van der Waals surface area (Å²) in [5, 5.41) is 16.7. The van der Waals surface area contributed by atoms with Crippen molar-refractivity contribution in [3.05, 3.63) is 52.8 Å². The molecule has 3 rings (SSSR count). The zero-order valence-corrected chi connectivity index (χ0v) is 11.8. The smallest absolute Gasteiger partial charge is 0.244 e. The van der Waals surface area contributed by atoms with Crippen LogP contribution in [0.2, 0.25) is 0 Å². The van der Waals surface area contributed by atoms with E-state index in [2.05, 4.69) is 35.1 Å². The fourth-order valence-corrected chi connectivity index (χ4v) is 2.60. The van der Waals surface area contributed by atoms with Gasteiger partial charge >= 0.3 is 0 Å². The second-order valence-corrected chi connectivity index (χ2v) is 5.22. The molecule has 0 aliphatic carbocycles. The average molecular weight is 281 g/mol. The molecule has 2 aromatic heterocycles. The second kappa shape index (κ2) is 4.94. The molecule has 2 aromatic rings. The van der Waals surface area contributed by atoms with Gasteiger partial charge in [0.05, 0.1) is 11.5 Å². The molecule has 3 N–H and O–H groups in total. The number of H-pyrrole nitrogens is 1. The topological polar surface area (TPSA) is 101 Å². The van der Waals surface area contributed by atoms with Gasteiger partial charge in [0.25, 0.3) is 0 Å². The molecule has 0 amide bonds. The van der Waals surface area contributed by atoms with E-state index in [0.717, 1.165) is 16.8 Å². The van der Waals surface area contributed by atoms with Crippen LogP contribution in [-0.4, -0.2) is 15.2 Å². The first kappa shape index (κ1) is 13.2. The minimum Gasteiger partial charge on any atom is -0.420 e. The molecule has 3 heterocycles. The number of ether oxygens (including phenoxy) is 1. The Labute approximate surface area is 122 Å². The van der Waals surface area contributed by atoms with Gasteiger partial charge < -0.3 is 10.5 Å². The number of hydrogen-bond acceptors (Lipinski definition) is 5. The van der Waals surface area contributed by atoms with E-state index in [4.69, 9.17) is 10.5 Å². The molecule has 1 aliphatic heterocycles. The molecule has 6 nitrogen and oxygen atoms in total. The van der Waals surface area contributed by atoms with Crippen molar-refractivity contribution in [2.75, 3.05) is 0 Å². The monoisotopic (exact) mass is 281 g/mol. The lowest BCUT2D eigenvalue weighted by molar-refractivity contribution is 0.378. The Morgan fingerprint density at radius 3 is 2.71 bits per heavy atom. The minimum atomic E-state index is -0.280. The van der Waals surface area contributed by atoms with Crippen LogP contribution in [0.5, 0.6) is 5.88 Å². The van der Waals surface area contributed by atoms with E-state index in [-0.39, 0.29) is 17.7 Å². The van der Waals surface area contributed by atoms with Crippen molar-refractivity contribution in [1.29, 1.82) is 5.26 Å². The Hall–Kier alpha value is -2.81. The molecule has 0 bridgehead atoms. The highest BCUT2D eigenvalue weighted by molar-refractivity contribution is 5.55. The van der Waals surface area contributed by atoms with Crippen LogP contribution in [0.3, 0.4) is 0 Å². The summed E-state index contributed by atoms with van der Waals surface area (Å²) < 4.78 is 5.49. The molecular formula is C15H15N5O. The summed E-state index contributed by atoms with van der Waals surface area (Å²) in [6.45, 7) is 4.12. The van der Waals surface area contributed by atoms with Gasteiger partial charge in [-0.3, -0.25) is 10.1 Å². The number of pyridine rings is 1. The molecule has 1 atom stereocenters. The van der Waals surface area contributed by atoms with Gasteiger partial charge in [0, 0.05) is 18.1 Å².